The van der Waals surface area contributed by atoms with Crippen molar-refractivity contribution < 1.29 is 90.6 Å². The van der Waals surface area contributed by atoms with Crippen molar-refractivity contribution in [3.05, 3.63) is 18.2 Å². The van der Waals surface area contributed by atoms with Gasteiger partial charge in [-0.05, 0) is 12.1 Å². The van der Waals surface area contributed by atoms with Crippen LogP contribution < -0.4 is 59.1 Å². The van der Waals surface area contributed by atoms with Crippen molar-refractivity contribution >= 4 is 10.1 Å². The molecule has 78 valence electrons. The van der Waals surface area contributed by atoms with E-state index in [0.717, 1.165) is 18.2 Å². The topological polar surface area (TPSA) is 126 Å². The zero-order valence-electron chi connectivity index (χ0n) is 10.3. The zero-order chi connectivity index (χ0) is 9.35. The summed E-state index contributed by atoms with van der Waals surface area (Å²) in [6.45, 7) is 0. The second kappa shape index (κ2) is 7.88. The van der Waals surface area contributed by atoms with Crippen molar-refractivity contribution in [2.24, 2.45) is 0 Å². The Morgan fingerprint density at radius 2 is 1.53 bits per heavy atom. The van der Waals surface area contributed by atoms with Crippen molar-refractivity contribution in [2.75, 3.05) is 0 Å². The van der Waals surface area contributed by atoms with E-state index in [-0.39, 0.29) is 67.4 Å². The molecule has 0 amide bonds. The van der Waals surface area contributed by atoms with E-state index >= 15 is 0 Å². The Kier molecular flexibility index (Phi) is 11.0. The van der Waals surface area contributed by atoms with Gasteiger partial charge in [0.05, 0.1) is 4.90 Å². The molecule has 0 fully saturated rings. The van der Waals surface area contributed by atoms with E-state index in [4.69, 9.17) is 14.8 Å². The second-order valence-electron chi connectivity index (χ2n) is 2.13. The van der Waals surface area contributed by atoms with Crippen LogP contribution in [0.3, 0.4) is 0 Å². The fourth-order valence-corrected chi connectivity index (χ4v) is 1.16. The predicted octanol–water partition coefficient (Wildman–Crippen LogP) is -6.25. The van der Waals surface area contributed by atoms with E-state index in [1.54, 1.807) is 0 Å². The molecular weight excluding hydrogens is 246 g/mol. The first kappa shape index (κ1) is 21.0. The molecule has 0 radical (unpaired) electrons. The summed E-state index contributed by atoms with van der Waals surface area (Å²) < 4.78 is 29.4. The van der Waals surface area contributed by atoms with Crippen LogP contribution in [0.5, 0.6) is 11.5 Å². The Bertz CT molecular complexity index is 413. The maximum atomic E-state index is 10.5. The first-order valence-corrected chi connectivity index (χ1v) is 4.35. The van der Waals surface area contributed by atoms with Gasteiger partial charge in [-0.3, -0.25) is 4.55 Å². The van der Waals surface area contributed by atoms with E-state index in [9.17, 15) is 8.42 Å². The molecule has 0 aliphatic heterocycles. The molecule has 1 aromatic rings. The summed E-state index contributed by atoms with van der Waals surface area (Å²) in [6, 6.07) is 2.70. The number of hydrogen-bond donors (Lipinski definition) is 3. The number of rotatable bonds is 1. The van der Waals surface area contributed by atoms with Gasteiger partial charge in [0.15, 0.2) is 11.5 Å². The van der Waals surface area contributed by atoms with Crippen LogP contribution in [0, 0.1) is 0 Å². The Morgan fingerprint density at radius 1 is 1.07 bits per heavy atom. The summed E-state index contributed by atoms with van der Waals surface area (Å²) in [5.74, 6) is -1.03. The van der Waals surface area contributed by atoms with Gasteiger partial charge in [0.25, 0.3) is 10.1 Å². The quantitative estimate of drug-likeness (QED) is 0.262. The molecule has 0 aliphatic rings. The van der Waals surface area contributed by atoms with E-state index < -0.39 is 26.5 Å². The molecule has 0 bridgehead atoms. The van der Waals surface area contributed by atoms with Crippen molar-refractivity contribution in [3.63, 3.8) is 0 Å². The standard InChI is InChI=1S/C6H6O5S.2Na.H2O.2H/c7-5-2-1-4(3-6(5)8)12(9,10)11;;;;;/h1-3,7-8H,(H,9,10,11);;;1H2;;/q;2*+1;;2*-1. The fourth-order valence-electron chi connectivity index (χ4n) is 0.664. The summed E-state index contributed by atoms with van der Waals surface area (Å²) in [7, 11) is -4.31. The third kappa shape index (κ3) is 6.10. The van der Waals surface area contributed by atoms with Crippen LogP contribution in [-0.2, 0) is 10.1 Å². The van der Waals surface area contributed by atoms with Gasteiger partial charge < -0.3 is 18.5 Å². The van der Waals surface area contributed by atoms with Crippen molar-refractivity contribution in [2.45, 2.75) is 4.90 Å². The Morgan fingerprint density at radius 3 is 1.87 bits per heavy atom. The third-order valence-electron chi connectivity index (χ3n) is 1.24. The van der Waals surface area contributed by atoms with Crippen LogP contribution in [0.4, 0.5) is 0 Å². The van der Waals surface area contributed by atoms with Crippen LogP contribution >= 0.6 is 0 Å². The van der Waals surface area contributed by atoms with Crippen LogP contribution in [0.1, 0.15) is 2.85 Å². The monoisotopic (exact) mass is 256 g/mol. The van der Waals surface area contributed by atoms with E-state index in [2.05, 4.69) is 0 Å². The maximum Gasteiger partial charge on any atom is 1.00 e. The molecule has 0 heterocycles. The van der Waals surface area contributed by atoms with Crippen molar-refractivity contribution in [1.82, 2.24) is 0 Å². The molecule has 0 unspecified atom stereocenters. The van der Waals surface area contributed by atoms with Gasteiger partial charge in [-0.15, -0.1) is 0 Å². The molecule has 5 N–H and O–H groups in total. The predicted molar refractivity (Wildman–Crippen MR) is 45.4 cm³/mol. The molecule has 0 atom stereocenters. The van der Waals surface area contributed by atoms with Crippen molar-refractivity contribution in [3.8, 4) is 11.5 Å². The zero-order valence-corrected chi connectivity index (χ0v) is 13.1. The normalized spacial score (nSPS) is 9.13. The van der Waals surface area contributed by atoms with Crippen LogP contribution in [0.25, 0.3) is 0 Å². The van der Waals surface area contributed by atoms with Crippen LogP contribution in [0.2, 0.25) is 0 Å². The minimum atomic E-state index is -4.31. The van der Waals surface area contributed by atoms with Gasteiger partial charge in [0, 0.05) is 6.07 Å². The summed E-state index contributed by atoms with van der Waals surface area (Å²) in [5, 5.41) is 17.6. The van der Waals surface area contributed by atoms with Gasteiger partial charge in [-0.25, -0.2) is 0 Å². The largest absolute Gasteiger partial charge is 1.00 e. The van der Waals surface area contributed by atoms with Gasteiger partial charge in [-0.2, -0.15) is 8.42 Å². The first-order chi connectivity index (χ1) is 5.41. The van der Waals surface area contributed by atoms with Gasteiger partial charge in [0.2, 0.25) is 0 Å². The number of hydrogen-bond acceptors (Lipinski definition) is 4. The minimum absolute atomic E-state index is 0. The molecule has 0 saturated carbocycles. The molecule has 6 nitrogen and oxygen atoms in total. The Balaban J connectivity index is -0.0000000960. The molecule has 1 rings (SSSR count). The van der Waals surface area contributed by atoms with Crippen LogP contribution in [0.15, 0.2) is 23.1 Å². The number of phenols is 2. The summed E-state index contributed by atoms with van der Waals surface area (Å²) in [6.07, 6.45) is 0. The molecule has 15 heavy (non-hydrogen) atoms. The molecule has 0 spiro atoms. The Hall–Kier alpha value is 0.690. The molecule has 9 heteroatoms. The molecular formula is C6H10Na2O6S. The third-order valence-corrected chi connectivity index (χ3v) is 2.09. The smallest absolute Gasteiger partial charge is 1.00 e. The Labute approximate surface area is 134 Å². The number of phenolic OH excluding ortho intramolecular Hbond substituents is 2. The van der Waals surface area contributed by atoms with Gasteiger partial charge >= 0.3 is 59.1 Å². The minimum Gasteiger partial charge on any atom is -1.00 e. The van der Waals surface area contributed by atoms with Gasteiger partial charge in [0.1, 0.15) is 0 Å². The summed E-state index contributed by atoms with van der Waals surface area (Å²) >= 11 is 0. The first-order valence-electron chi connectivity index (χ1n) is 2.91. The summed E-state index contributed by atoms with van der Waals surface area (Å²) in [4.78, 5) is -0.460. The second-order valence-corrected chi connectivity index (χ2v) is 3.55. The average molecular weight is 256 g/mol. The average Bonchev–Trinajstić information content (AvgIpc) is 1.92. The maximum absolute atomic E-state index is 10.5. The van der Waals surface area contributed by atoms with Crippen LogP contribution in [-0.4, -0.2) is 28.7 Å². The summed E-state index contributed by atoms with van der Waals surface area (Å²) in [5.41, 5.74) is 0. The molecule has 0 saturated heterocycles. The van der Waals surface area contributed by atoms with Crippen molar-refractivity contribution in [1.29, 1.82) is 0 Å². The van der Waals surface area contributed by atoms with E-state index in [0.29, 0.717) is 0 Å². The SMILES string of the molecule is O.O=S(=O)(O)c1ccc(O)c(O)c1.[H-].[H-].[Na+].[Na+]. The number of aromatic hydroxyl groups is 2. The van der Waals surface area contributed by atoms with E-state index in [1.165, 1.54) is 0 Å². The van der Waals surface area contributed by atoms with E-state index in [1.807, 2.05) is 0 Å². The number of benzene rings is 1. The molecule has 0 aromatic heterocycles. The molecule has 1 aromatic carbocycles. The van der Waals surface area contributed by atoms with Gasteiger partial charge in [-0.1, -0.05) is 0 Å². The fraction of sp³-hybridized carbons (Fsp3) is 0. The molecule has 0 aliphatic carbocycles.